The molecule has 2 rings (SSSR count). The fraction of sp³-hybridized carbons (Fsp3) is 0.357. The molecular weight excluding hydrogens is 308 g/mol. The van der Waals surface area contributed by atoms with Gasteiger partial charge in [-0.15, -0.1) is 11.8 Å². The molecule has 4 heteroatoms. The van der Waals surface area contributed by atoms with Crippen LogP contribution in [0.15, 0.2) is 27.6 Å². The molecule has 96 valence electrons. The number of nitrogens with zero attached hydrogens (tertiary/aromatic N) is 2. The highest BCUT2D eigenvalue weighted by atomic mass is 79.9. The van der Waals surface area contributed by atoms with Gasteiger partial charge >= 0.3 is 0 Å². The molecule has 0 saturated carbocycles. The van der Waals surface area contributed by atoms with Crippen LogP contribution in [0.3, 0.4) is 0 Å². The largest absolute Gasteiger partial charge is 0.270 e. The fourth-order valence-electron chi connectivity index (χ4n) is 1.94. The van der Waals surface area contributed by atoms with E-state index in [0.29, 0.717) is 0 Å². The molecule has 1 aromatic heterocycles. The molecule has 2 aromatic rings. The number of aromatic nitrogens is 2. The van der Waals surface area contributed by atoms with Crippen molar-refractivity contribution in [2.75, 3.05) is 0 Å². The maximum atomic E-state index is 4.42. The van der Waals surface area contributed by atoms with Crippen LogP contribution in [0.4, 0.5) is 0 Å². The van der Waals surface area contributed by atoms with Crippen LogP contribution in [0, 0.1) is 20.8 Å². The quantitative estimate of drug-likeness (QED) is 0.779. The van der Waals surface area contributed by atoms with Gasteiger partial charge in [0.05, 0.1) is 15.9 Å². The van der Waals surface area contributed by atoms with Crippen molar-refractivity contribution in [3.8, 4) is 0 Å². The van der Waals surface area contributed by atoms with Gasteiger partial charge in [-0.3, -0.25) is 4.68 Å². The van der Waals surface area contributed by atoms with E-state index in [1.54, 1.807) is 0 Å². The Bertz CT molecular complexity index is 575. The third kappa shape index (κ3) is 2.81. The highest BCUT2D eigenvalue weighted by Gasteiger charge is 2.11. The second-order valence-electron chi connectivity index (χ2n) is 4.53. The second kappa shape index (κ2) is 5.49. The molecule has 0 aliphatic carbocycles. The Morgan fingerprint density at radius 1 is 1.28 bits per heavy atom. The first-order valence-corrected chi connectivity index (χ1v) is 7.65. The summed E-state index contributed by atoms with van der Waals surface area (Å²) in [6, 6.07) is 6.59. The van der Waals surface area contributed by atoms with E-state index in [2.05, 4.69) is 53.1 Å². The highest BCUT2D eigenvalue weighted by molar-refractivity contribution is 9.10. The molecule has 0 aliphatic heterocycles. The number of aryl methyl sites for hydroxylation is 4. The first kappa shape index (κ1) is 13.7. The maximum absolute atomic E-state index is 4.42. The molecule has 0 radical (unpaired) electrons. The summed E-state index contributed by atoms with van der Waals surface area (Å²) in [4.78, 5) is 1.34. The van der Waals surface area contributed by atoms with Crippen molar-refractivity contribution in [3.63, 3.8) is 0 Å². The predicted octanol–water partition coefficient (Wildman–Crippen LogP) is 4.40. The van der Waals surface area contributed by atoms with Crippen molar-refractivity contribution in [2.45, 2.75) is 31.4 Å². The lowest BCUT2D eigenvalue weighted by Crippen LogP contribution is -1.97. The van der Waals surface area contributed by atoms with Crippen LogP contribution in [0.25, 0.3) is 0 Å². The Morgan fingerprint density at radius 3 is 2.56 bits per heavy atom. The first-order chi connectivity index (χ1) is 8.49. The van der Waals surface area contributed by atoms with E-state index in [4.69, 9.17) is 0 Å². The molecule has 1 heterocycles. The van der Waals surface area contributed by atoms with Gasteiger partial charge in [0, 0.05) is 17.7 Å². The molecule has 0 fully saturated rings. The zero-order valence-electron chi connectivity index (χ0n) is 11.1. The number of benzene rings is 1. The molecule has 18 heavy (non-hydrogen) atoms. The van der Waals surface area contributed by atoms with E-state index in [1.807, 2.05) is 30.4 Å². The molecule has 0 unspecified atom stereocenters. The summed E-state index contributed by atoms with van der Waals surface area (Å²) in [6.45, 7) is 6.32. The first-order valence-electron chi connectivity index (χ1n) is 5.87. The average Bonchev–Trinajstić information content (AvgIpc) is 2.53. The van der Waals surface area contributed by atoms with Crippen LogP contribution in [0.1, 0.15) is 22.5 Å². The standard InChI is InChI=1S/C14H17BrN2S/c1-9-5-6-13(10(2)7-9)18-8-12-14(15)11(3)16-17(12)4/h5-7H,8H2,1-4H3. The van der Waals surface area contributed by atoms with Gasteiger partial charge in [0.25, 0.3) is 0 Å². The minimum absolute atomic E-state index is 0.932. The monoisotopic (exact) mass is 324 g/mol. The Labute approximate surface area is 121 Å². The number of rotatable bonds is 3. The Hall–Kier alpha value is -0.740. The number of thioether (sulfide) groups is 1. The summed E-state index contributed by atoms with van der Waals surface area (Å²) >= 11 is 5.47. The molecule has 0 atom stereocenters. The minimum Gasteiger partial charge on any atom is -0.270 e. The summed E-state index contributed by atoms with van der Waals surface area (Å²) in [7, 11) is 2.00. The van der Waals surface area contributed by atoms with E-state index < -0.39 is 0 Å². The Morgan fingerprint density at radius 2 is 2.00 bits per heavy atom. The zero-order chi connectivity index (χ0) is 13.3. The summed E-state index contributed by atoms with van der Waals surface area (Å²) < 4.78 is 3.08. The lowest BCUT2D eigenvalue weighted by atomic mass is 10.2. The van der Waals surface area contributed by atoms with E-state index in [9.17, 15) is 0 Å². The molecule has 1 aromatic carbocycles. The third-order valence-electron chi connectivity index (χ3n) is 2.96. The maximum Gasteiger partial charge on any atom is 0.0738 e. The van der Waals surface area contributed by atoms with Crippen LogP contribution < -0.4 is 0 Å². The van der Waals surface area contributed by atoms with Crippen molar-refractivity contribution < 1.29 is 0 Å². The van der Waals surface area contributed by atoms with Crippen LogP contribution in [-0.4, -0.2) is 9.78 Å². The minimum atomic E-state index is 0.932. The van der Waals surface area contributed by atoms with Gasteiger partial charge in [0.1, 0.15) is 0 Å². The highest BCUT2D eigenvalue weighted by Crippen LogP contribution is 2.30. The van der Waals surface area contributed by atoms with Crippen molar-refractivity contribution in [3.05, 3.63) is 45.2 Å². The van der Waals surface area contributed by atoms with Gasteiger partial charge in [-0.25, -0.2) is 0 Å². The molecule has 0 N–H and O–H groups in total. The summed E-state index contributed by atoms with van der Waals surface area (Å²) in [6.07, 6.45) is 0. The Balaban J connectivity index is 2.16. The predicted molar refractivity (Wildman–Crippen MR) is 81.1 cm³/mol. The molecule has 0 aliphatic rings. The van der Waals surface area contributed by atoms with E-state index in [0.717, 1.165) is 15.9 Å². The lowest BCUT2D eigenvalue weighted by Gasteiger charge is -2.07. The molecule has 0 bridgehead atoms. The van der Waals surface area contributed by atoms with Crippen LogP contribution in [0.2, 0.25) is 0 Å². The van der Waals surface area contributed by atoms with Crippen molar-refractivity contribution in [1.82, 2.24) is 9.78 Å². The molecule has 0 saturated heterocycles. The fourth-order valence-corrected chi connectivity index (χ4v) is 3.68. The Kier molecular flexibility index (Phi) is 4.17. The van der Waals surface area contributed by atoms with Crippen LogP contribution in [0.5, 0.6) is 0 Å². The van der Waals surface area contributed by atoms with Crippen LogP contribution >= 0.6 is 27.7 Å². The van der Waals surface area contributed by atoms with Gasteiger partial charge in [-0.2, -0.15) is 5.10 Å². The van der Waals surface area contributed by atoms with E-state index in [1.165, 1.54) is 21.7 Å². The van der Waals surface area contributed by atoms with Crippen molar-refractivity contribution in [1.29, 1.82) is 0 Å². The van der Waals surface area contributed by atoms with Gasteiger partial charge in [0.2, 0.25) is 0 Å². The van der Waals surface area contributed by atoms with Crippen molar-refractivity contribution >= 4 is 27.7 Å². The number of hydrogen-bond donors (Lipinski definition) is 0. The summed E-state index contributed by atoms with van der Waals surface area (Å²) in [5, 5.41) is 4.42. The smallest absolute Gasteiger partial charge is 0.0738 e. The van der Waals surface area contributed by atoms with Crippen molar-refractivity contribution in [2.24, 2.45) is 7.05 Å². The SMILES string of the molecule is Cc1ccc(SCc2c(Br)c(C)nn2C)c(C)c1. The van der Waals surface area contributed by atoms with Gasteiger partial charge in [0.15, 0.2) is 0 Å². The summed E-state index contributed by atoms with van der Waals surface area (Å²) in [5.74, 6) is 0.932. The topological polar surface area (TPSA) is 17.8 Å². The third-order valence-corrected chi connectivity index (χ3v) is 5.17. The number of hydrogen-bond acceptors (Lipinski definition) is 2. The molecule has 2 nitrogen and oxygen atoms in total. The van der Waals surface area contributed by atoms with Crippen LogP contribution in [-0.2, 0) is 12.8 Å². The molecule has 0 amide bonds. The molecule has 0 spiro atoms. The lowest BCUT2D eigenvalue weighted by molar-refractivity contribution is 0.727. The average molecular weight is 325 g/mol. The zero-order valence-corrected chi connectivity index (χ0v) is 13.5. The van der Waals surface area contributed by atoms with E-state index >= 15 is 0 Å². The van der Waals surface area contributed by atoms with Gasteiger partial charge < -0.3 is 0 Å². The van der Waals surface area contributed by atoms with Gasteiger partial charge in [-0.05, 0) is 48.3 Å². The normalized spacial score (nSPS) is 10.9. The van der Waals surface area contributed by atoms with E-state index in [-0.39, 0.29) is 0 Å². The second-order valence-corrected chi connectivity index (χ2v) is 6.34. The molecular formula is C14H17BrN2S. The van der Waals surface area contributed by atoms with Gasteiger partial charge in [-0.1, -0.05) is 17.7 Å². The summed E-state index contributed by atoms with van der Waals surface area (Å²) in [5.41, 5.74) is 4.94. The number of halogens is 1.